The number of fused-ring (bicyclic) bond motifs is 1. The van der Waals surface area contributed by atoms with Crippen molar-refractivity contribution >= 4 is 50.3 Å². The summed E-state index contributed by atoms with van der Waals surface area (Å²) in [6.45, 7) is 3.97. The zero-order valence-electron chi connectivity index (χ0n) is 21.8. The standard InChI is InChI=1S/C28H29FN4O5S2/c29-24-7-9-27(39-24)40(37,38)18-22(34)14-19-4-8-25(31-17-19)33-26(35)16-20-15-21(5-6-23(20)28(33)36)30-10-13-32-11-2-1-3-12-32/h4-9,15,17,30H,1-3,10-14,16,18H2. The topological polar surface area (TPSA) is 117 Å². The predicted molar refractivity (Wildman–Crippen MR) is 150 cm³/mol. The number of rotatable bonds is 10. The van der Waals surface area contributed by atoms with Gasteiger partial charge in [-0.15, -0.1) is 0 Å². The monoisotopic (exact) mass is 584 g/mol. The van der Waals surface area contributed by atoms with Gasteiger partial charge in [0.2, 0.25) is 5.91 Å². The summed E-state index contributed by atoms with van der Waals surface area (Å²) in [5.41, 5.74) is 2.38. The summed E-state index contributed by atoms with van der Waals surface area (Å²) in [7, 11) is -3.94. The number of nitrogens with one attached hydrogen (secondary N) is 1. The average Bonchev–Trinajstić information content (AvgIpc) is 3.37. The highest BCUT2D eigenvalue weighted by Crippen LogP contribution is 2.27. The first kappa shape index (κ1) is 28.1. The molecule has 0 atom stereocenters. The van der Waals surface area contributed by atoms with Crippen LogP contribution in [0, 0.1) is 5.13 Å². The van der Waals surface area contributed by atoms with Crippen LogP contribution in [0.25, 0.3) is 0 Å². The van der Waals surface area contributed by atoms with Crippen molar-refractivity contribution in [2.75, 3.05) is 42.1 Å². The van der Waals surface area contributed by atoms with E-state index in [1.807, 2.05) is 12.1 Å². The van der Waals surface area contributed by atoms with Gasteiger partial charge in [0.1, 0.15) is 15.8 Å². The first-order chi connectivity index (χ1) is 19.2. The number of benzene rings is 1. The lowest BCUT2D eigenvalue weighted by Gasteiger charge is -2.27. The molecule has 1 aromatic carbocycles. The maximum Gasteiger partial charge on any atom is 0.266 e. The Balaban J connectivity index is 1.20. The lowest BCUT2D eigenvalue weighted by molar-refractivity contribution is -0.118. The van der Waals surface area contributed by atoms with Crippen LogP contribution in [0.1, 0.15) is 40.7 Å². The highest BCUT2D eigenvalue weighted by molar-refractivity contribution is 7.94. The molecule has 2 aliphatic heterocycles. The number of halogens is 1. The van der Waals surface area contributed by atoms with Crippen molar-refractivity contribution in [3.05, 3.63) is 70.5 Å². The third kappa shape index (κ3) is 6.45. The molecule has 9 nitrogen and oxygen atoms in total. The maximum absolute atomic E-state index is 13.2. The molecular weight excluding hydrogens is 555 g/mol. The molecule has 210 valence electrons. The summed E-state index contributed by atoms with van der Waals surface area (Å²) in [6.07, 6.45) is 4.94. The lowest BCUT2D eigenvalue weighted by atomic mass is 9.97. The van der Waals surface area contributed by atoms with E-state index in [-0.39, 0.29) is 22.9 Å². The molecule has 2 aromatic heterocycles. The van der Waals surface area contributed by atoms with Gasteiger partial charge in [-0.25, -0.2) is 18.3 Å². The third-order valence-corrected chi connectivity index (χ3v) is 10.1. The van der Waals surface area contributed by atoms with Crippen LogP contribution in [0.3, 0.4) is 0 Å². The van der Waals surface area contributed by atoms with Crippen LogP contribution in [0.5, 0.6) is 0 Å². The SMILES string of the molecule is O=C(Cc1ccc(N2C(=O)Cc3cc(NCCN4CCCCC4)ccc3C2=O)nc1)CS(=O)(=O)c1ccc(F)s1. The number of carbonyl (C=O) groups is 3. The van der Waals surface area contributed by atoms with E-state index in [1.165, 1.54) is 37.6 Å². The summed E-state index contributed by atoms with van der Waals surface area (Å²) in [5.74, 6) is -2.10. The second-order valence-electron chi connectivity index (χ2n) is 9.97. The van der Waals surface area contributed by atoms with Crippen molar-refractivity contribution < 1.29 is 27.2 Å². The second kappa shape index (κ2) is 11.9. The number of nitrogens with zero attached hydrogens (tertiary/aromatic N) is 3. The number of hydrogen-bond donors (Lipinski definition) is 1. The van der Waals surface area contributed by atoms with Gasteiger partial charge in [-0.05, 0) is 73.5 Å². The van der Waals surface area contributed by atoms with E-state index in [9.17, 15) is 27.2 Å². The number of pyridine rings is 1. The lowest BCUT2D eigenvalue weighted by Crippen LogP contribution is -2.43. The molecule has 1 N–H and O–H groups in total. The fraction of sp³-hybridized carbons (Fsp3) is 0.357. The Labute approximate surface area is 235 Å². The largest absolute Gasteiger partial charge is 0.384 e. The summed E-state index contributed by atoms with van der Waals surface area (Å²) in [6, 6.07) is 10.6. The van der Waals surface area contributed by atoms with Crippen LogP contribution < -0.4 is 10.2 Å². The van der Waals surface area contributed by atoms with E-state index >= 15 is 0 Å². The van der Waals surface area contributed by atoms with Gasteiger partial charge < -0.3 is 10.2 Å². The number of aromatic nitrogens is 1. The first-order valence-electron chi connectivity index (χ1n) is 13.1. The van der Waals surface area contributed by atoms with E-state index in [1.54, 1.807) is 6.07 Å². The minimum Gasteiger partial charge on any atom is -0.384 e. The van der Waals surface area contributed by atoms with Crippen LogP contribution in [0.15, 0.2) is 52.9 Å². The molecule has 0 unspecified atom stereocenters. The molecule has 3 aromatic rings. The maximum atomic E-state index is 13.2. The predicted octanol–water partition coefficient (Wildman–Crippen LogP) is 3.50. The number of hydrogen-bond acceptors (Lipinski definition) is 9. The normalized spacial score (nSPS) is 16.2. The molecular formula is C28H29FN4O5S2. The number of anilines is 2. The molecule has 0 saturated carbocycles. The minimum atomic E-state index is -3.94. The Morgan fingerprint density at radius 3 is 2.55 bits per heavy atom. The number of carbonyl (C=O) groups excluding carboxylic acids is 3. The van der Waals surface area contributed by atoms with E-state index in [2.05, 4.69) is 15.2 Å². The number of imide groups is 1. The second-order valence-corrected chi connectivity index (χ2v) is 13.2. The highest BCUT2D eigenvalue weighted by atomic mass is 32.2. The van der Waals surface area contributed by atoms with E-state index in [4.69, 9.17) is 0 Å². The first-order valence-corrected chi connectivity index (χ1v) is 15.6. The van der Waals surface area contributed by atoms with E-state index in [0.29, 0.717) is 28.0 Å². The smallest absolute Gasteiger partial charge is 0.266 e. The molecule has 2 amide bonds. The molecule has 1 saturated heterocycles. The summed E-state index contributed by atoms with van der Waals surface area (Å²) in [4.78, 5) is 46.2. The van der Waals surface area contributed by atoms with Crippen molar-refractivity contribution in [1.29, 1.82) is 0 Å². The van der Waals surface area contributed by atoms with E-state index < -0.39 is 38.3 Å². The summed E-state index contributed by atoms with van der Waals surface area (Å²) >= 11 is 0.472. The Kier molecular flexibility index (Phi) is 8.38. The number of ketones is 1. The van der Waals surface area contributed by atoms with Gasteiger partial charge in [-0.1, -0.05) is 23.8 Å². The van der Waals surface area contributed by atoms with Crippen molar-refractivity contribution in [1.82, 2.24) is 9.88 Å². The van der Waals surface area contributed by atoms with Crippen LogP contribution >= 0.6 is 11.3 Å². The van der Waals surface area contributed by atoms with Gasteiger partial charge in [0, 0.05) is 37.0 Å². The number of thiophene rings is 1. The van der Waals surface area contributed by atoms with Crippen molar-refractivity contribution in [2.45, 2.75) is 36.3 Å². The molecule has 2 aliphatic rings. The number of amides is 2. The average molecular weight is 585 g/mol. The molecule has 40 heavy (non-hydrogen) atoms. The van der Waals surface area contributed by atoms with Crippen LogP contribution in [0.4, 0.5) is 15.9 Å². The number of Topliss-reactive ketones (excluding diaryl/α,β-unsaturated/α-hetero) is 1. The number of sulfone groups is 1. The summed E-state index contributed by atoms with van der Waals surface area (Å²) < 4.78 is 37.7. The Morgan fingerprint density at radius 2 is 1.85 bits per heavy atom. The van der Waals surface area contributed by atoms with Gasteiger partial charge in [0.05, 0.1) is 6.42 Å². The van der Waals surface area contributed by atoms with Gasteiger partial charge in [-0.2, -0.15) is 4.39 Å². The van der Waals surface area contributed by atoms with Crippen LogP contribution in [-0.4, -0.2) is 67.8 Å². The van der Waals surface area contributed by atoms with Gasteiger partial charge >= 0.3 is 0 Å². The van der Waals surface area contributed by atoms with Crippen molar-refractivity contribution in [3.63, 3.8) is 0 Å². The fourth-order valence-electron chi connectivity index (χ4n) is 4.99. The zero-order chi connectivity index (χ0) is 28.3. The molecule has 0 bridgehead atoms. The van der Waals surface area contributed by atoms with Gasteiger partial charge in [-0.3, -0.25) is 14.4 Å². The third-order valence-electron chi connectivity index (χ3n) is 6.98. The molecule has 0 aliphatic carbocycles. The fourth-order valence-corrected chi connectivity index (χ4v) is 7.32. The Hall–Kier alpha value is -3.48. The molecule has 5 rings (SSSR count). The molecule has 1 fully saturated rings. The number of likely N-dealkylation sites (tertiary alicyclic amines) is 1. The highest BCUT2D eigenvalue weighted by Gasteiger charge is 2.33. The van der Waals surface area contributed by atoms with Gasteiger partial charge in [0.15, 0.2) is 20.8 Å². The molecule has 12 heteroatoms. The molecule has 4 heterocycles. The van der Waals surface area contributed by atoms with Crippen molar-refractivity contribution in [3.8, 4) is 0 Å². The number of piperidine rings is 1. The van der Waals surface area contributed by atoms with Gasteiger partial charge in [0.25, 0.3) is 5.91 Å². The quantitative estimate of drug-likeness (QED) is 0.360. The zero-order valence-corrected chi connectivity index (χ0v) is 23.4. The Morgan fingerprint density at radius 1 is 1.05 bits per heavy atom. The van der Waals surface area contributed by atoms with Crippen LogP contribution in [-0.2, 0) is 32.3 Å². The molecule has 0 radical (unpaired) electrons. The summed E-state index contributed by atoms with van der Waals surface area (Å²) in [5, 5.41) is 2.75. The van der Waals surface area contributed by atoms with Crippen LogP contribution in [0.2, 0.25) is 0 Å². The Bertz CT molecular complexity index is 1530. The molecule has 0 spiro atoms. The van der Waals surface area contributed by atoms with Crippen molar-refractivity contribution in [2.24, 2.45) is 0 Å². The van der Waals surface area contributed by atoms with E-state index in [0.717, 1.165) is 48.9 Å². The minimum absolute atomic E-state index is 0.0474.